The standard InChI is InChI=1S/C18H25NO/c1-20-16-5-3-2-4-15(16)17(19)18-9-12-6-13(10-18)8-14(7-12)11-18/h2-5,12-14,17H,6-11,19H2,1H3. The monoisotopic (exact) mass is 271 g/mol. The van der Waals surface area contributed by atoms with E-state index in [1.165, 1.54) is 44.1 Å². The highest BCUT2D eigenvalue weighted by atomic mass is 16.5. The van der Waals surface area contributed by atoms with Gasteiger partial charge in [0.15, 0.2) is 0 Å². The predicted octanol–water partition coefficient (Wildman–Crippen LogP) is 3.91. The van der Waals surface area contributed by atoms with Crippen LogP contribution < -0.4 is 10.5 Å². The number of nitrogens with two attached hydrogens (primary N) is 1. The fraction of sp³-hybridized carbons (Fsp3) is 0.667. The van der Waals surface area contributed by atoms with Crippen LogP contribution in [0.2, 0.25) is 0 Å². The molecule has 1 atom stereocenters. The summed E-state index contributed by atoms with van der Waals surface area (Å²) in [7, 11) is 1.76. The van der Waals surface area contributed by atoms with Crippen molar-refractivity contribution in [2.24, 2.45) is 28.9 Å². The summed E-state index contributed by atoms with van der Waals surface area (Å²) in [6, 6.07) is 8.50. The van der Waals surface area contributed by atoms with Gasteiger partial charge in [-0.2, -0.15) is 0 Å². The lowest BCUT2D eigenvalue weighted by Gasteiger charge is -2.59. The van der Waals surface area contributed by atoms with Crippen LogP contribution in [-0.2, 0) is 0 Å². The fourth-order valence-corrected chi connectivity index (χ4v) is 5.81. The van der Waals surface area contributed by atoms with Crippen LogP contribution in [0.3, 0.4) is 0 Å². The zero-order valence-corrected chi connectivity index (χ0v) is 12.3. The summed E-state index contributed by atoms with van der Waals surface area (Å²) in [6.07, 6.45) is 8.45. The van der Waals surface area contributed by atoms with E-state index in [1.54, 1.807) is 7.11 Å². The average Bonchev–Trinajstić information content (AvgIpc) is 2.45. The number of para-hydroxylation sites is 1. The Kier molecular flexibility index (Phi) is 2.85. The van der Waals surface area contributed by atoms with Gasteiger partial charge in [0.05, 0.1) is 7.11 Å². The maximum absolute atomic E-state index is 6.79. The largest absolute Gasteiger partial charge is 0.496 e. The van der Waals surface area contributed by atoms with Crippen LogP contribution in [0.5, 0.6) is 5.75 Å². The quantitative estimate of drug-likeness (QED) is 0.904. The van der Waals surface area contributed by atoms with Crippen molar-refractivity contribution in [3.8, 4) is 5.75 Å². The molecule has 0 heterocycles. The van der Waals surface area contributed by atoms with E-state index in [4.69, 9.17) is 10.5 Å². The summed E-state index contributed by atoms with van der Waals surface area (Å²) < 4.78 is 5.55. The maximum atomic E-state index is 6.79. The first-order valence-corrected chi connectivity index (χ1v) is 8.09. The second-order valence-electron chi connectivity index (χ2n) is 7.50. The number of ether oxygens (including phenoxy) is 1. The highest BCUT2D eigenvalue weighted by molar-refractivity contribution is 5.37. The molecule has 5 rings (SSSR count). The van der Waals surface area contributed by atoms with Gasteiger partial charge in [-0.15, -0.1) is 0 Å². The summed E-state index contributed by atoms with van der Waals surface area (Å²) in [6.45, 7) is 0. The van der Waals surface area contributed by atoms with E-state index in [0.29, 0.717) is 5.41 Å². The third-order valence-electron chi connectivity index (χ3n) is 6.22. The Hall–Kier alpha value is -1.02. The molecule has 4 fully saturated rings. The molecule has 1 aromatic rings. The first kappa shape index (κ1) is 12.7. The average molecular weight is 271 g/mol. The second-order valence-corrected chi connectivity index (χ2v) is 7.50. The molecular formula is C18H25NO. The van der Waals surface area contributed by atoms with Gasteiger partial charge in [-0.05, 0) is 67.8 Å². The highest BCUT2D eigenvalue weighted by Gasteiger charge is 2.53. The van der Waals surface area contributed by atoms with Crippen LogP contribution in [-0.4, -0.2) is 7.11 Å². The Morgan fingerprint density at radius 3 is 2.15 bits per heavy atom. The molecule has 4 aliphatic rings. The van der Waals surface area contributed by atoms with Crippen LogP contribution in [0, 0.1) is 23.2 Å². The molecule has 2 nitrogen and oxygen atoms in total. The van der Waals surface area contributed by atoms with Crippen molar-refractivity contribution in [2.45, 2.75) is 44.6 Å². The molecule has 2 N–H and O–H groups in total. The lowest BCUT2D eigenvalue weighted by atomic mass is 9.47. The SMILES string of the molecule is COc1ccccc1C(N)C12CC3CC(CC(C3)C1)C2. The first-order chi connectivity index (χ1) is 9.70. The molecule has 1 aromatic carbocycles. The van der Waals surface area contributed by atoms with Gasteiger partial charge < -0.3 is 10.5 Å². The van der Waals surface area contributed by atoms with Gasteiger partial charge in [-0.3, -0.25) is 0 Å². The van der Waals surface area contributed by atoms with Crippen LogP contribution in [0.1, 0.15) is 50.1 Å². The Bertz CT molecular complexity index is 475. The molecule has 0 aliphatic heterocycles. The minimum Gasteiger partial charge on any atom is -0.496 e. The third kappa shape index (κ3) is 1.81. The van der Waals surface area contributed by atoms with Gasteiger partial charge in [-0.25, -0.2) is 0 Å². The topological polar surface area (TPSA) is 35.2 Å². The fourth-order valence-electron chi connectivity index (χ4n) is 5.81. The minimum absolute atomic E-state index is 0.145. The molecule has 1 unspecified atom stereocenters. The molecule has 0 spiro atoms. The van der Waals surface area contributed by atoms with E-state index >= 15 is 0 Å². The van der Waals surface area contributed by atoms with Crippen molar-refractivity contribution in [3.05, 3.63) is 29.8 Å². The van der Waals surface area contributed by atoms with E-state index < -0.39 is 0 Å². The molecule has 0 saturated heterocycles. The minimum atomic E-state index is 0.145. The number of hydrogen-bond acceptors (Lipinski definition) is 2. The van der Waals surface area contributed by atoms with E-state index in [9.17, 15) is 0 Å². The van der Waals surface area contributed by atoms with E-state index in [0.717, 1.165) is 23.5 Å². The molecule has 20 heavy (non-hydrogen) atoms. The van der Waals surface area contributed by atoms with Crippen molar-refractivity contribution in [3.63, 3.8) is 0 Å². The smallest absolute Gasteiger partial charge is 0.123 e. The molecule has 0 amide bonds. The first-order valence-electron chi connectivity index (χ1n) is 8.09. The number of hydrogen-bond donors (Lipinski definition) is 1. The summed E-state index contributed by atoms with van der Waals surface area (Å²) in [5.41, 5.74) is 8.36. The summed E-state index contributed by atoms with van der Waals surface area (Å²) in [4.78, 5) is 0. The van der Waals surface area contributed by atoms with Gasteiger partial charge in [0.25, 0.3) is 0 Å². The van der Waals surface area contributed by atoms with E-state index in [2.05, 4.69) is 18.2 Å². The molecule has 4 bridgehead atoms. The molecule has 0 aromatic heterocycles. The zero-order chi connectivity index (χ0) is 13.7. The van der Waals surface area contributed by atoms with Gasteiger partial charge >= 0.3 is 0 Å². The van der Waals surface area contributed by atoms with Crippen molar-refractivity contribution in [1.29, 1.82) is 0 Å². The Morgan fingerprint density at radius 2 is 1.60 bits per heavy atom. The Balaban J connectivity index is 1.69. The molecule has 108 valence electrons. The Morgan fingerprint density at radius 1 is 1.05 bits per heavy atom. The number of rotatable bonds is 3. The lowest BCUT2D eigenvalue weighted by molar-refractivity contribution is -0.0680. The van der Waals surface area contributed by atoms with E-state index in [-0.39, 0.29) is 6.04 Å². The molecule has 0 radical (unpaired) electrons. The van der Waals surface area contributed by atoms with Crippen molar-refractivity contribution in [1.82, 2.24) is 0 Å². The summed E-state index contributed by atoms with van der Waals surface area (Å²) >= 11 is 0. The summed E-state index contributed by atoms with van der Waals surface area (Å²) in [5.74, 6) is 3.81. The molecule has 4 saturated carbocycles. The van der Waals surface area contributed by atoms with Crippen LogP contribution in [0.25, 0.3) is 0 Å². The molecular weight excluding hydrogens is 246 g/mol. The maximum Gasteiger partial charge on any atom is 0.123 e. The lowest BCUT2D eigenvalue weighted by Crippen LogP contribution is -2.50. The van der Waals surface area contributed by atoms with Crippen LogP contribution >= 0.6 is 0 Å². The van der Waals surface area contributed by atoms with Crippen LogP contribution in [0.15, 0.2) is 24.3 Å². The van der Waals surface area contributed by atoms with Crippen molar-refractivity contribution in [2.75, 3.05) is 7.11 Å². The van der Waals surface area contributed by atoms with Gasteiger partial charge in [0.1, 0.15) is 5.75 Å². The summed E-state index contributed by atoms with van der Waals surface area (Å²) in [5, 5.41) is 0. The Labute approximate surface area is 121 Å². The second kappa shape index (κ2) is 4.49. The number of methoxy groups -OCH3 is 1. The van der Waals surface area contributed by atoms with Gasteiger partial charge in [0, 0.05) is 11.6 Å². The highest BCUT2D eigenvalue weighted by Crippen LogP contribution is 2.63. The van der Waals surface area contributed by atoms with Gasteiger partial charge in [0.2, 0.25) is 0 Å². The predicted molar refractivity (Wildman–Crippen MR) is 80.5 cm³/mol. The molecule has 4 aliphatic carbocycles. The van der Waals surface area contributed by atoms with Crippen molar-refractivity contribution < 1.29 is 4.74 Å². The molecule has 2 heteroatoms. The van der Waals surface area contributed by atoms with Gasteiger partial charge in [-0.1, -0.05) is 18.2 Å². The zero-order valence-electron chi connectivity index (χ0n) is 12.3. The van der Waals surface area contributed by atoms with Crippen LogP contribution in [0.4, 0.5) is 0 Å². The number of benzene rings is 1. The van der Waals surface area contributed by atoms with Crippen molar-refractivity contribution >= 4 is 0 Å². The van der Waals surface area contributed by atoms with E-state index in [1.807, 2.05) is 6.07 Å². The third-order valence-corrected chi connectivity index (χ3v) is 6.22. The normalized spacial score (nSPS) is 39.8.